The standard InChI is InChI=1S/C28H26ClFN8O3/c29-19-10-18(12-26(40)35-20-2-1-3-24(39)14-20)11-23(13-19)34-22-5-4-21(31-15-22)16-33-37-28-32-17-25(30)27(36-28)38-6-8-41-9-7-38/h1-5,10-11,13-17,34,39H,6-9,12H2,(H,35,40)(H,32,36,37)/b33-16+. The van der Waals surface area contributed by atoms with Crippen LogP contribution in [0.2, 0.25) is 5.02 Å². The fourth-order valence-corrected chi connectivity index (χ4v) is 4.34. The maximum Gasteiger partial charge on any atom is 0.245 e. The molecule has 0 unspecified atom stereocenters. The van der Waals surface area contributed by atoms with Gasteiger partial charge in [-0.25, -0.2) is 14.8 Å². The highest BCUT2D eigenvalue weighted by Gasteiger charge is 2.17. The topological polar surface area (TPSA) is 137 Å². The molecule has 210 valence electrons. The number of carbonyl (C=O) groups excluding carboxylic acids is 1. The summed E-state index contributed by atoms with van der Waals surface area (Å²) < 4.78 is 19.5. The van der Waals surface area contributed by atoms with E-state index in [1.807, 2.05) is 12.1 Å². The number of anilines is 5. The van der Waals surface area contributed by atoms with Crippen molar-refractivity contribution in [3.05, 3.63) is 89.1 Å². The number of benzene rings is 2. The highest BCUT2D eigenvalue weighted by atomic mass is 35.5. The van der Waals surface area contributed by atoms with Crippen LogP contribution in [0.4, 0.5) is 33.2 Å². The summed E-state index contributed by atoms with van der Waals surface area (Å²) >= 11 is 6.29. The molecule has 0 atom stereocenters. The molecule has 1 aliphatic rings. The van der Waals surface area contributed by atoms with Crippen molar-refractivity contribution in [2.45, 2.75) is 6.42 Å². The largest absolute Gasteiger partial charge is 0.508 e. The number of morpholine rings is 1. The van der Waals surface area contributed by atoms with Gasteiger partial charge in [-0.15, -0.1) is 0 Å². The molecule has 0 radical (unpaired) electrons. The molecule has 5 rings (SSSR count). The molecule has 0 aliphatic carbocycles. The molecule has 1 amide bonds. The lowest BCUT2D eigenvalue weighted by atomic mass is 10.1. The molecule has 0 spiro atoms. The van der Waals surface area contributed by atoms with Crippen LogP contribution in [0.5, 0.6) is 5.75 Å². The third-order valence-corrected chi connectivity index (χ3v) is 6.14. The van der Waals surface area contributed by atoms with Crippen molar-refractivity contribution in [2.75, 3.05) is 47.3 Å². The van der Waals surface area contributed by atoms with Gasteiger partial charge in [0.25, 0.3) is 0 Å². The van der Waals surface area contributed by atoms with E-state index in [1.54, 1.807) is 41.4 Å². The first-order valence-electron chi connectivity index (χ1n) is 12.7. The number of nitrogens with zero attached hydrogens (tertiary/aromatic N) is 5. The molecule has 2 aromatic heterocycles. The number of hydrazone groups is 1. The van der Waals surface area contributed by atoms with Crippen LogP contribution < -0.4 is 21.0 Å². The number of amides is 1. The van der Waals surface area contributed by atoms with E-state index in [1.165, 1.54) is 18.3 Å². The van der Waals surface area contributed by atoms with Crippen molar-refractivity contribution in [1.29, 1.82) is 0 Å². The van der Waals surface area contributed by atoms with Crippen LogP contribution in [-0.2, 0) is 16.0 Å². The maximum atomic E-state index is 14.2. The normalized spacial score (nSPS) is 13.3. The van der Waals surface area contributed by atoms with Gasteiger partial charge in [-0.05, 0) is 48.0 Å². The SMILES string of the molecule is O=C(Cc1cc(Cl)cc(Nc2ccc(/C=N/Nc3ncc(F)c(N4CCOCC4)n3)nc2)c1)Nc1cccc(O)c1. The van der Waals surface area contributed by atoms with E-state index in [9.17, 15) is 14.3 Å². The van der Waals surface area contributed by atoms with Crippen LogP contribution in [0.3, 0.4) is 0 Å². The second-order valence-electron chi connectivity index (χ2n) is 9.05. The average molecular weight is 577 g/mol. The van der Waals surface area contributed by atoms with Crippen molar-refractivity contribution in [1.82, 2.24) is 15.0 Å². The smallest absolute Gasteiger partial charge is 0.245 e. The predicted octanol–water partition coefficient (Wildman–Crippen LogP) is 4.58. The van der Waals surface area contributed by atoms with E-state index in [0.717, 1.165) is 6.20 Å². The van der Waals surface area contributed by atoms with Gasteiger partial charge in [-0.3, -0.25) is 9.78 Å². The Morgan fingerprint density at radius 1 is 1.07 bits per heavy atom. The van der Waals surface area contributed by atoms with Crippen LogP contribution in [0.15, 0.2) is 72.1 Å². The van der Waals surface area contributed by atoms with Crippen LogP contribution in [0.25, 0.3) is 0 Å². The molecule has 11 nitrogen and oxygen atoms in total. The second kappa shape index (κ2) is 13.0. The molecule has 0 bridgehead atoms. The Morgan fingerprint density at radius 2 is 1.93 bits per heavy atom. The maximum absolute atomic E-state index is 14.2. The van der Waals surface area contributed by atoms with Gasteiger partial charge in [0.05, 0.1) is 49.6 Å². The number of hydrogen-bond acceptors (Lipinski definition) is 10. The second-order valence-corrected chi connectivity index (χ2v) is 9.49. The summed E-state index contributed by atoms with van der Waals surface area (Å²) in [5, 5.41) is 20.1. The Morgan fingerprint density at radius 3 is 2.71 bits per heavy atom. The number of ether oxygens (including phenoxy) is 1. The fraction of sp³-hybridized carbons (Fsp3) is 0.179. The number of aromatic hydroxyl groups is 1. The third-order valence-electron chi connectivity index (χ3n) is 5.92. The van der Waals surface area contributed by atoms with Crippen LogP contribution in [0.1, 0.15) is 11.3 Å². The number of rotatable bonds is 9. The van der Waals surface area contributed by atoms with Gasteiger partial charge in [-0.1, -0.05) is 17.7 Å². The molecular weight excluding hydrogens is 551 g/mol. The van der Waals surface area contributed by atoms with E-state index in [2.05, 4.69) is 36.1 Å². The van der Waals surface area contributed by atoms with Gasteiger partial charge in [0.2, 0.25) is 11.9 Å². The molecule has 2 aromatic carbocycles. The molecule has 0 saturated carbocycles. The van der Waals surface area contributed by atoms with Gasteiger partial charge < -0.3 is 25.4 Å². The lowest BCUT2D eigenvalue weighted by Gasteiger charge is -2.27. The molecule has 1 fully saturated rings. The van der Waals surface area contributed by atoms with Gasteiger partial charge >= 0.3 is 0 Å². The summed E-state index contributed by atoms with van der Waals surface area (Å²) in [7, 11) is 0. The van der Waals surface area contributed by atoms with E-state index >= 15 is 0 Å². The third kappa shape index (κ3) is 7.87. The predicted molar refractivity (Wildman–Crippen MR) is 156 cm³/mol. The number of halogens is 2. The quantitative estimate of drug-likeness (QED) is 0.167. The number of phenolic OH excluding ortho intramolecular Hbond substituents is 1. The zero-order valence-corrected chi connectivity index (χ0v) is 22.5. The monoisotopic (exact) mass is 576 g/mol. The summed E-state index contributed by atoms with van der Waals surface area (Å²) in [6, 6.07) is 15.2. The summed E-state index contributed by atoms with van der Waals surface area (Å²) in [5.74, 6) is -0.314. The summed E-state index contributed by atoms with van der Waals surface area (Å²) in [5.41, 5.74) is 5.87. The molecule has 1 saturated heterocycles. The Kier molecular flexibility index (Phi) is 8.82. The Bertz CT molecular complexity index is 1550. The molecular formula is C28H26ClFN8O3. The van der Waals surface area contributed by atoms with Gasteiger partial charge in [0, 0.05) is 35.6 Å². The first-order valence-corrected chi connectivity index (χ1v) is 13.0. The summed E-state index contributed by atoms with van der Waals surface area (Å²) in [6.07, 6.45) is 4.32. The molecule has 13 heteroatoms. The zero-order valence-electron chi connectivity index (χ0n) is 21.7. The van der Waals surface area contributed by atoms with Gasteiger partial charge in [-0.2, -0.15) is 10.1 Å². The number of carbonyl (C=O) groups is 1. The summed E-state index contributed by atoms with van der Waals surface area (Å²) in [4.78, 5) is 26.8. The molecule has 41 heavy (non-hydrogen) atoms. The van der Waals surface area contributed by atoms with Crippen LogP contribution in [-0.4, -0.2) is 58.5 Å². The van der Waals surface area contributed by atoms with E-state index in [0.29, 0.717) is 59.6 Å². The van der Waals surface area contributed by atoms with Crippen LogP contribution >= 0.6 is 11.6 Å². The number of hydrogen-bond donors (Lipinski definition) is 4. The average Bonchev–Trinajstić information content (AvgIpc) is 2.95. The van der Waals surface area contributed by atoms with E-state index in [4.69, 9.17) is 16.3 Å². The molecule has 1 aliphatic heterocycles. The molecule has 3 heterocycles. The number of pyridine rings is 1. The fourth-order valence-electron chi connectivity index (χ4n) is 4.09. The Labute approximate surface area is 240 Å². The number of phenols is 1. The van der Waals surface area contributed by atoms with E-state index in [-0.39, 0.29) is 29.8 Å². The van der Waals surface area contributed by atoms with Gasteiger partial charge in [0.15, 0.2) is 11.6 Å². The highest BCUT2D eigenvalue weighted by molar-refractivity contribution is 6.31. The Hall–Kier alpha value is -4.81. The lowest BCUT2D eigenvalue weighted by Crippen LogP contribution is -2.37. The lowest BCUT2D eigenvalue weighted by molar-refractivity contribution is -0.115. The minimum absolute atomic E-state index is 0.0687. The highest BCUT2D eigenvalue weighted by Crippen LogP contribution is 2.24. The van der Waals surface area contributed by atoms with Crippen molar-refractivity contribution < 1.29 is 19.0 Å². The minimum atomic E-state index is -0.505. The number of aromatic nitrogens is 3. The molecule has 4 N–H and O–H groups in total. The molecule has 4 aromatic rings. The first-order chi connectivity index (χ1) is 19.9. The minimum Gasteiger partial charge on any atom is -0.508 e. The van der Waals surface area contributed by atoms with Gasteiger partial charge in [0.1, 0.15) is 5.75 Å². The summed E-state index contributed by atoms with van der Waals surface area (Å²) in [6.45, 7) is 2.12. The van der Waals surface area contributed by atoms with E-state index < -0.39 is 5.82 Å². The van der Waals surface area contributed by atoms with Crippen molar-refractivity contribution >= 4 is 52.6 Å². The van der Waals surface area contributed by atoms with Crippen molar-refractivity contribution in [3.8, 4) is 5.75 Å². The zero-order chi connectivity index (χ0) is 28.6. The van der Waals surface area contributed by atoms with Crippen molar-refractivity contribution in [2.24, 2.45) is 5.10 Å². The number of nitrogens with one attached hydrogen (secondary N) is 3. The van der Waals surface area contributed by atoms with Crippen molar-refractivity contribution in [3.63, 3.8) is 0 Å². The first kappa shape index (κ1) is 27.7. The van der Waals surface area contributed by atoms with Crippen LogP contribution in [0, 0.1) is 5.82 Å². The Balaban J connectivity index is 1.17.